The van der Waals surface area contributed by atoms with Crippen molar-refractivity contribution >= 4 is 15.7 Å². The van der Waals surface area contributed by atoms with Crippen molar-refractivity contribution in [2.24, 2.45) is 0 Å². The Kier molecular flexibility index (Phi) is 5.21. The minimum absolute atomic E-state index is 0.0128. The lowest BCUT2D eigenvalue weighted by Crippen LogP contribution is -2.41. The van der Waals surface area contributed by atoms with Gasteiger partial charge in [-0.15, -0.1) is 0 Å². The van der Waals surface area contributed by atoms with Crippen molar-refractivity contribution in [3.63, 3.8) is 0 Å². The number of hydrogen-bond donors (Lipinski definition) is 2. The maximum atomic E-state index is 11.9. The molecule has 1 aromatic carbocycles. The van der Waals surface area contributed by atoms with Gasteiger partial charge in [0.25, 0.3) is 5.69 Å². The van der Waals surface area contributed by atoms with Crippen molar-refractivity contribution in [3.8, 4) is 0 Å². The molecule has 0 aromatic heterocycles. The lowest BCUT2D eigenvalue weighted by atomic mass is 10.1. The SMILES string of the molecule is CC(C)(C)NCCNS(=O)(=O)c1ccc([N+](=O)[O-])cc1. The topological polar surface area (TPSA) is 101 Å². The molecule has 0 saturated heterocycles. The predicted molar refractivity (Wildman–Crippen MR) is 76.0 cm³/mol. The fourth-order valence-corrected chi connectivity index (χ4v) is 2.49. The smallest absolute Gasteiger partial charge is 0.269 e. The molecule has 20 heavy (non-hydrogen) atoms. The van der Waals surface area contributed by atoms with E-state index >= 15 is 0 Å². The van der Waals surface area contributed by atoms with Crippen LogP contribution in [0.3, 0.4) is 0 Å². The maximum absolute atomic E-state index is 11.9. The van der Waals surface area contributed by atoms with E-state index in [1.807, 2.05) is 20.8 Å². The second-order valence-electron chi connectivity index (χ2n) is 5.33. The van der Waals surface area contributed by atoms with Gasteiger partial charge in [0.05, 0.1) is 9.82 Å². The van der Waals surface area contributed by atoms with Gasteiger partial charge >= 0.3 is 0 Å². The highest BCUT2D eigenvalue weighted by Crippen LogP contribution is 2.15. The average Bonchev–Trinajstić information content (AvgIpc) is 2.34. The molecule has 0 aliphatic rings. The Hall–Kier alpha value is -1.51. The summed E-state index contributed by atoms with van der Waals surface area (Å²) in [6.07, 6.45) is 0. The van der Waals surface area contributed by atoms with E-state index in [1.165, 1.54) is 24.3 Å². The van der Waals surface area contributed by atoms with Crippen molar-refractivity contribution in [1.29, 1.82) is 0 Å². The second kappa shape index (κ2) is 6.29. The summed E-state index contributed by atoms with van der Waals surface area (Å²) in [5, 5.41) is 13.7. The van der Waals surface area contributed by atoms with E-state index in [0.717, 1.165) is 0 Å². The van der Waals surface area contributed by atoms with Crippen LogP contribution in [0, 0.1) is 10.1 Å². The van der Waals surface area contributed by atoms with Crippen LogP contribution in [-0.2, 0) is 10.0 Å². The first-order valence-corrected chi connectivity index (χ1v) is 7.59. The quantitative estimate of drug-likeness (QED) is 0.468. The zero-order chi connectivity index (χ0) is 15.4. The molecule has 0 amide bonds. The van der Waals surface area contributed by atoms with Gasteiger partial charge in [-0.3, -0.25) is 10.1 Å². The highest BCUT2D eigenvalue weighted by atomic mass is 32.2. The third-order valence-electron chi connectivity index (χ3n) is 2.43. The molecule has 7 nitrogen and oxygen atoms in total. The summed E-state index contributed by atoms with van der Waals surface area (Å²) in [4.78, 5) is 9.94. The lowest BCUT2D eigenvalue weighted by molar-refractivity contribution is -0.384. The zero-order valence-corrected chi connectivity index (χ0v) is 12.5. The summed E-state index contributed by atoms with van der Waals surface area (Å²) >= 11 is 0. The van der Waals surface area contributed by atoms with Crippen LogP contribution in [0.25, 0.3) is 0 Å². The number of non-ortho nitro benzene ring substituents is 1. The van der Waals surface area contributed by atoms with E-state index < -0.39 is 14.9 Å². The van der Waals surface area contributed by atoms with Gasteiger partial charge < -0.3 is 5.32 Å². The number of sulfonamides is 1. The molecule has 8 heteroatoms. The molecular weight excluding hydrogens is 282 g/mol. The van der Waals surface area contributed by atoms with Crippen molar-refractivity contribution in [3.05, 3.63) is 34.4 Å². The Balaban J connectivity index is 2.62. The van der Waals surface area contributed by atoms with Crippen LogP contribution in [0.2, 0.25) is 0 Å². The number of nitrogens with one attached hydrogen (secondary N) is 2. The van der Waals surface area contributed by atoms with Crippen molar-refractivity contribution in [2.75, 3.05) is 13.1 Å². The first kappa shape index (κ1) is 16.5. The lowest BCUT2D eigenvalue weighted by Gasteiger charge is -2.20. The Morgan fingerprint density at radius 1 is 1.15 bits per heavy atom. The summed E-state index contributed by atoms with van der Waals surface area (Å²) in [6, 6.07) is 4.78. The fraction of sp³-hybridized carbons (Fsp3) is 0.500. The van der Waals surface area contributed by atoms with Gasteiger partial charge in [0, 0.05) is 30.8 Å². The molecule has 1 aromatic rings. The third kappa shape index (κ3) is 5.24. The van der Waals surface area contributed by atoms with E-state index in [1.54, 1.807) is 0 Å². The van der Waals surface area contributed by atoms with E-state index in [0.29, 0.717) is 6.54 Å². The molecule has 0 atom stereocenters. The van der Waals surface area contributed by atoms with Gasteiger partial charge in [-0.2, -0.15) is 0 Å². The Morgan fingerprint density at radius 2 is 1.70 bits per heavy atom. The molecule has 2 N–H and O–H groups in total. The molecule has 0 bridgehead atoms. The highest BCUT2D eigenvalue weighted by Gasteiger charge is 2.15. The average molecular weight is 301 g/mol. The van der Waals surface area contributed by atoms with E-state index in [9.17, 15) is 18.5 Å². The monoisotopic (exact) mass is 301 g/mol. The van der Waals surface area contributed by atoms with E-state index in [4.69, 9.17) is 0 Å². The van der Waals surface area contributed by atoms with Gasteiger partial charge in [0.1, 0.15) is 0 Å². The Bertz CT molecular complexity index is 561. The molecule has 0 unspecified atom stereocenters. The molecule has 112 valence electrons. The zero-order valence-electron chi connectivity index (χ0n) is 11.7. The number of nitrogens with zero attached hydrogens (tertiary/aromatic N) is 1. The van der Waals surface area contributed by atoms with Crippen LogP contribution in [0.5, 0.6) is 0 Å². The number of hydrogen-bond acceptors (Lipinski definition) is 5. The van der Waals surface area contributed by atoms with Gasteiger partial charge in [-0.1, -0.05) is 0 Å². The van der Waals surface area contributed by atoms with E-state index in [2.05, 4.69) is 10.0 Å². The minimum Gasteiger partial charge on any atom is -0.311 e. The molecule has 0 aliphatic carbocycles. The summed E-state index contributed by atoms with van der Waals surface area (Å²) < 4.78 is 26.3. The maximum Gasteiger partial charge on any atom is 0.269 e. The van der Waals surface area contributed by atoms with Crippen molar-refractivity contribution in [1.82, 2.24) is 10.0 Å². The number of benzene rings is 1. The van der Waals surface area contributed by atoms with Gasteiger partial charge in [-0.05, 0) is 32.9 Å². The minimum atomic E-state index is -3.63. The van der Waals surface area contributed by atoms with Crippen LogP contribution in [0.15, 0.2) is 29.2 Å². The summed E-state index contributed by atoms with van der Waals surface area (Å²) in [6.45, 7) is 6.69. The molecule has 0 fully saturated rings. The molecule has 0 saturated carbocycles. The second-order valence-corrected chi connectivity index (χ2v) is 7.09. The first-order chi connectivity index (χ1) is 9.12. The third-order valence-corrected chi connectivity index (χ3v) is 3.91. The summed E-state index contributed by atoms with van der Waals surface area (Å²) in [5.74, 6) is 0. The van der Waals surface area contributed by atoms with Gasteiger partial charge in [0.2, 0.25) is 10.0 Å². The van der Waals surface area contributed by atoms with E-state index in [-0.39, 0.29) is 22.7 Å². The molecule has 0 radical (unpaired) electrons. The Morgan fingerprint density at radius 3 is 2.15 bits per heavy atom. The fourth-order valence-electron chi connectivity index (χ4n) is 1.45. The van der Waals surface area contributed by atoms with Gasteiger partial charge in [-0.25, -0.2) is 13.1 Å². The van der Waals surface area contributed by atoms with Crippen molar-refractivity contribution < 1.29 is 13.3 Å². The Labute approximate surface area is 118 Å². The normalized spacial score (nSPS) is 12.3. The first-order valence-electron chi connectivity index (χ1n) is 6.11. The molecule has 0 spiro atoms. The summed E-state index contributed by atoms with van der Waals surface area (Å²) in [5.41, 5.74) is -0.225. The van der Waals surface area contributed by atoms with Crippen LogP contribution in [-0.4, -0.2) is 32.0 Å². The van der Waals surface area contributed by atoms with Crippen LogP contribution in [0.1, 0.15) is 20.8 Å². The largest absolute Gasteiger partial charge is 0.311 e. The van der Waals surface area contributed by atoms with Crippen molar-refractivity contribution in [2.45, 2.75) is 31.2 Å². The van der Waals surface area contributed by atoms with Crippen LogP contribution < -0.4 is 10.0 Å². The number of nitro benzene ring substituents is 1. The highest BCUT2D eigenvalue weighted by molar-refractivity contribution is 7.89. The number of nitro groups is 1. The molecule has 1 rings (SSSR count). The summed E-state index contributed by atoms with van der Waals surface area (Å²) in [7, 11) is -3.63. The standard InChI is InChI=1S/C12H19N3O4S/c1-12(2,3)13-8-9-14-20(18,19)11-6-4-10(5-7-11)15(16)17/h4-7,13-14H,8-9H2,1-3H3. The van der Waals surface area contributed by atoms with Crippen LogP contribution >= 0.6 is 0 Å². The number of rotatable bonds is 6. The molecule has 0 heterocycles. The van der Waals surface area contributed by atoms with Crippen LogP contribution in [0.4, 0.5) is 5.69 Å². The predicted octanol–water partition coefficient (Wildman–Crippen LogP) is 1.26. The molecule has 0 aliphatic heterocycles. The molecular formula is C12H19N3O4S. The van der Waals surface area contributed by atoms with Gasteiger partial charge in [0.15, 0.2) is 0 Å².